The van der Waals surface area contributed by atoms with E-state index < -0.39 is 23.7 Å². The van der Waals surface area contributed by atoms with Crippen molar-refractivity contribution in [2.45, 2.75) is 25.9 Å². The van der Waals surface area contributed by atoms with E-state index in [9.17, 15) is 18.8 Å². The highest BCUT2D eigenvalue weighted by Crippen LogP contribution is 2.30. The molecule has 1 atom stereocenters. The molecule has 0 aliphatic carbocycles. The molecular weight excluding hydrogens is 437 g/mol. The van der Waals surface area contributed by atoms with E-state index in [0.717, 1.165) is 10.4 Å². The predicted molar refractivity (Wildman–Crippen MR) is 123 cm³/mol. The number of nitrogens with zero attached hydrogens (tertiary/aromatic N) is 3. The lowest BCUT2D eigenvalue weighted by molar-refractivity contribution is -0.137. The van der Waals surface area contributed by atoms with E-state index in [2.05, 4.69) is 4.98 Å². The van der Waals surface area contributed by atoms with Crippen molar-refractivity contribution in [3.05, 3.63) is 84.2 Å². The highest BCUT2D eigenvalue weighted by molar-refractivity contribution is 6.23. The summed E-state index contributed by atoms with van der Waals surface area (Å²) in [5.74, 6) is -1.17. The van der Waals surface area contributed by atoms with E-state index in [1.807, 2.05) is 24.3 Å². The van der Waals surface area contributed by atoms with Crippen LogP contribution in [0.25, 0.3) is 22.6 Å². The van der Waals surface area contributed by atoms with Gasteiger partial charge in [-0.05, 0) is 54.1 Å². The highest BCUT2D eigenvalue weighted by Gasteiger charge is 2.43. The van der Waals surface area contributed by atoms with Crippen molar-refractivity contribution < 1.29 is 23.2 Å². The van der Waals surface area contributed by atoms with Crippen LogP contribution in [0.15, 0.2) is 77.2 Å². The van der Waals surface area contributed by atoms with Crippen molar-refractivity contribution in [3.63, 3.8) is 0 Å². The van der Waals surface area contributed by atoms with Gasteiger partial charge < -0.3 is 9.32 Å². The van der Waals surface area contributed by atoms with Gasteiger partial charge in [0.05, 0.1) is 12.1 Å². The van der Waals surface area contributed by atoms with Crippen LogP contribution in [-0.2, 0) is 20.9 Å². The Bertz CT molecular complexity index is 1360. The van der Waals surface area contributed by atoms with Crippen molar-refractivity contribution in [1.82, 2.24) is 9.88 Å². The number of anilines is 1. The second-order valence-corrected chi connectivity index (χ2v) is 8.09. The smallest absolute Gasteiger partial charge is 0.257 e. The van der Waals surface area contributed by atoms with Crippen LogP contribution < -0.4 is 4.90 Å². The number of rotatable bonds is 5. The Morgan fingerprint density at radius 1 is 1.06 bits per heavy atom. The van der Waals surface area contributed by atoms with Gasteiger partial charge in [0.15, 0.2) is 5.58 Å². The Morgan fingerprint density at radius 2 is 1.76 bits per heavy atom. The lowest BCUT2D eigenvalue weighted by Gasteiger charge is -2.26. The Balaban J connectivity index is 1.37. The van der Waals surface area contributed by atoms with E-state index >= 15 is 0 Å². The molecule has 7 nitrogen and oxygen atoms in total. The van der Waals surface area contributed by atoms with Crippen molar-refractivity contribution >= 4 is 34.5 Å². The number of amides is 3. The Morgan fingerprint density at radius 3 is 2.44 bits per heavy atom. The highest BCUT2D eigenvalue weighted by atomic mass is 19.1. The molecule has 3 amide bonds. The fourth-order valence-corrected chi connectivity index (χ4v) is 4.11. The maximum Gasteiger partial charge on any atom is 0.257 e. The normalized spacial score (nSPS) is 15.8. The lowest BCUT2D eigenvalue weighted by Crippen LogP contribution is -2.44. The molecule has 1 unspecified atom stereocenters. The zero-order valence-corrected chi connectivity index (χ0v) is 18.3. The molecule has 8 heteroatoms. The topological polar surface area (TPSA) is 83.7 Å². The van der Waals surface area contributed by atoms with Gasteiger partial charge in [0.25, 0.3) is 5.91 Å². The van der Waals surface area contributed by atoms with Gasteiger partial charge in [-0.15, -0.1) is 0 Å². The summed E-state index contributed by atoms with van der Waals surface area (Å²) < 4.78 is 19.0. The fraction of sp³-hybridized carbons (Fsp3) is 0.154. The molecule has 1 aromatic heterocycles. The first-order valence-electron chi connectivity index (χ1n) is 10.7. The summed E-state index contributed by atoms with van der Waals surface area (Å²) in [6, 6.07) is 18.9. The zero-order valence-electron chi connectivity index (χ0n) is 18.3. The maximum absolute atomic E-state index is 13.2. The molecule has 2 heterocycles. The molecule has 0 radical (unpaired) electrons. The Labute approximate surface area is 194 Å². The number of aromatic nitrogens is 1. The monoisotopic (exact) mass is 457 g/mol. The number of carbonyl (C=O) groups excluding carboxylic acids is 3. The second kappa shape index (κ2) is 8.55. The molecule has 34 heavy (non-hydrogen) atoms. The summed E-state index contributed by atoms with van der Waals surface area (Å²) in [6.45, 7) is 1.45. The zero-order chi connectivity index (χ0) is 23.8. The largest absolute Gasteiger partial charge is 0.436 e. The van der Waals surface area contributed by atoms with Crippen molar-refractivity contribution in [1.29, 1.82) is 0 Å². The van der Waals surface area contributed by atoms with Gasteiger partial charge in [0.1, 0.15) is 17.4 Å². The van der Waals surface area contributed by atoms with Gasteiger partial charge in [0, 0.05) is 19.0 Å². The van der Waals surface area contributed by atoms with Crippen LogP contribution >= 0.6 is 0 Å². The maximum atomic E-state index is 13.2. The number of oxazole rings is 1. The molecule has 5 rings (SSSR count). The predicted octanol–water partition coefficient (Wildman–Crippen LogP) is 4.31. The molecule has 0 N–H and O–H groups in total. The van der Waals surface area contributed by atoms with Gasteiger partial charge in [-0.1, -0.05) is 24.3 Å². The van der Waals surface area contributed by atoms with E-state index in [1.165, 1.54) is 24.0 Å². The van der Waals surface area contributed by atoms with E-state index in [-0.39, 0.29) is 18.9 Å². The Hall–Kier alpha value is -4.33. The molecule has 170 valence electrons. The first-order chi connectivity index (χ1) is 16.4. The molecule has 1 saturated heterocycles. The van der Waals surface area contributed by atoms with Crippen molar-refractivity contribution in [2.24, 2.45) is 0 Å². The molecule has 1 aliphatic heterocycles. The third-order valence-electron chi connectivity index (χ3n) is 5.84. The Kier molecular flexibility index (Phi) is 5.41. The third kappa shape index (κ3) is 3.94. The summed E-state index contributed by atoms with van der Waals surface area (Å²) in [7, 11) is 0. The van der Waals surface area contributed by atoms with Crippen LogP contribution in [0.2, 0.25) is 0 Å². The lowest BCUT2D eigenvalue weighted by atomic mass is 10.1. The molecular formula is C26H20FN3O4. The first-order valence-corrected chi connectivity index (χ1v) is 10.7. The van der Waals surface area contributed by atoms with Crippen LogP contribution in [0.5, 0.6) is 0 Å². The van der Waals surface area contributed by atoms with E-state index in [4.69, 9.17) is 4.42 Å². The summed E-state index contributed by atoms with van der Waals surface area (Å²) in [6.07, 6.45) is -0.119. The third-order valence-corrected chi connectivity index (χ3v) is 5.84. The number of carbonyl (C=O) groups is 3. The summed E-state index contributed by atoms with van der Waals surface area (Å²) in [5.41, 5.74) is 3.18. The van der Waals surface area contributed by atoms with Gasteiger partial charge in [-0.3, -0.25) is 14.4 Å². The first kappa shape index (κ1) is 21.5. The van der Waals surface area contributed by atoms with E-state index in [1.54, 1.807) is 36.4 Å². The van der Waals surface area contributed by atoms with Crippen LogP contribution in [0.3, 0.4) is 0 Å². The number of hydrogen-bond acceptors (Lipinski definition) is 5. The number of fused-ring (bicyclic) bond motifs is 1. The second-order valence-electron chi connectivity index (χ2n) is 8.09. The molecule has 0 saturated carbocycles. The molecule has 1 aliphatic rings. The molecule has 0 spiro atoms. The molecule has 3 aromatic carbocycles. The molecule has 1 fully saturated rings. The quantitative estimate of drug-likeness (QED) is 0.417. The average Bonchev–Trinajstić information content (AvgIpc) is 3.39. The number of halogens is 1. The van der Waals surface area contributed by atoms with Gasteiger partial charge in [0.2, 0.25) is 17.7 Å². The SMILES string of the molecule is CC(=O)N(Cc1ccc(F)cc1)C1CC(=O)N(c2ccc(-c3nc4ccccc4o3)cc2)C1=O. The fourth-order valence-electron chi connectivity index (χ4n) is 4.11. The standard InChI is InChI=1S/C26H20FN3O4/c1-16(31)29(15-17-6-10-19(27)11-7-17)22-14-24(32)30(26(22)33)20-12-8-18(9-13-20)25-28-21-4-2-3-5-23(21)34-25/h2-13,22H,14-15H2,1H3. The average molecular weight is 457 g/mol. The van der Waals surface area contributed by atoms with Gasteiger partial charge in [-0.2, -0.15) is 0 Å². The van der Waals surface area contributed by atoms with Gasteiger partial charge in [-0.25, -0.2) is 14.3 Å². The minimum atomic E-state index is -0.924. The van der Waals surface area contributed by atoms with Crippen LogP contribution in [-0.4, -0.2) is 33.6 Å². The number of benzene rings is 3. The minimum Gasteiger partial charge on any atom is -0.436 e. The number of imide groups is 1. The van der Waals surface area contributed by atoms with Crippen molar-refractivity contribution in [2.75, 3.05) is 4.90 Å². The number of para-hydroxylation sites is 2. The van der Waals surface area contributed by atoms with E-state index in [0.29, 0.717) is 28.3 Å². The van der Waals surface area contributed by atoms with Crippen LogP contribution in [0, 0.1) is 5.82 Å². The summed E-state index contributed by atoms with van der Waals surface area (Å²) in [4.78, 5) is 45.2. The summed E-state index contributed by atoms with van der Waals surface area (Å²) in [5, 5.41) is 0. The summed E-state index contributed by atoms with van der Waals surface area (Å²) >= 11 is 0. The van der Waals surface area contributed by atoms with Crippen LogP contribution in [0.1, 0.15) is 18.9 Å². The number of hydrogen-bond donors (Lipinski definition) is 0. The molecule has 4 aromatic rings. The minimum absolute atomic E-state index is 0.101. The molecule has 0 bridgehead atoms. The van der Waals surface area contributed by atoms with Crippen molar-refractivity contribution in [3.8, 4) is 11.5 Å². The van der Waals surface area contributed by atoms with Crippen LogP contribution in [0.4, 0.5) is 10.1 Å². The van der Waals surface area contributed by atoms with Gasteiger partial charge >= 0.3 is 0 Å².